The van der Waals surface area contributed by atoms with E-state index in [0.717, 1.165) is 25.1 Å². The van der Waals surface area contributed by atoms with Crippen LogP contribution in [0.1, 0.15) is 28.0 Å². The Morgan fingerprint density at radius 1 is 1.30 bits per heavy atom. The molecule has 1 aromatic heterocycles. The molecule has 1 aliphatic rings. The minimum Gasteiger partial charge on any atom is -0.476 e. The molecule has 1 aromatic carbocycles. The Labute approximate surface area is 116 Å². The molecule has 0 aliphatic carbocycles. The van der Waals surface area contributed by atoms with Crippen LogP contribution >= 0.6 is 0 Å². The van der Waals surface area contributed by atoms with Crippen molar-refractivity contribution < 1.29 is 9.90 Å². The maximum absolute atomic E-state index is 11.3. The molecule has 0 fully saturated rings. The molecule has 5 heteroatoms. The van der Waals surface area contributed by atoms with Crippen LogP contribution in [0.5, 0.6) is 0 Å². The minimum atomic E-state index is -1.05. The molecule has 2 aromatic rings. The van der Waals surface area contributed by atoms with Crippen LogP contribution in [0.15, 0.2) is 30.6 Å². The lowest BCUT2D eigenvalue weighted by Crippen LogP contribution is -2.27. The van der Waals surface area contributed by atoms with Gasteiger partial charge in [0, 0.05) is 24.6 Å². The van der Waals surface area contributed by atoms with Crippen LogP contribution in [-0.2, 0) is 6.42 Å². The van der Waals surface area contributed by atoms with Crippen molar-refractivity contribution in [3.05, 3.63) is 47.4 Å². The summed E-state index contributed by atoms with van der Waals surface area (Å²) >= 11 is 0. The number of carboxylic acid groups (broad SMARTS) is 1. The van der Waals surface area contributed by atoms with Gasteiger partial charge < -0.3 is 10.0 Å². The van der Waals surface area contributed by atoms with Gasteiger partial charge in [0.2, 0.25) is 0 Å². The van der Waals surface area contributed by atoms with Crippen molar-refractivity contribution >= 4 is 17.5 Å². The summed E-state index contributed by atoms with van der Waals surface area (Å²) in [5.41, 5.74) is 3.48. The topological polar surface area (TPSA) is 66.3 Å². The molecule has 0 bridgehead atoms. The van der Waals surface area contributed by atoms with Crippen LogP contribution in [0, 0.1) is 6.92 Å². The monoisotopic (exact) mass is 269 g/mol. The summed E-state index contributed by atoms with van der Waals surface area (Å²) in [5.74, 6) is -0.628. The smallest absolute Gasteiger partial charge is 0.358 e. The SMILES string of the molecule is Cc1ccc2c(c1)CCCN2c1nccnc1C(=O)O. The molecule has 1 aliphatic heterocycles. The predicted molar refractivity (Wildman–Crippen MR) is 75.5 cm³/mol. The van der Waals surface area contributed by atoms with Crippen molar-refractivity contribution in [1.82, 2.24) is 9.97 Å². The van der Waals surface area contributed by atoms with E-state index in [0.29, 0.717) is 5.82 Å². The van der Waals surface area contributed by atoms with Gasteiger partial charge in [-0.05, 0) is 31.4 Å². The van der Waals surface area contributed by atoms with Crippen LogP contribution < -0.4 is 4.90 Å². The Hall–Kier alpha value is -2.43. The summed E-state index contributed by atoms with van der Waals surface area (Å²) in [6, 6.07) is 6.22. The zero-order chi connectivity index (χ0) is 14.1. The molecule has 0 atom stereocenters. The first-order chi connectivity index (χ1) is 9.66. The van der Waals surface area contributed by atoms with E-state index in [1.54, 1.807) is 0 Å². The Morgan fingerprint density at radius 3 is 2.90 bits per heavy atom. The third-order valence-electron chi connectivity index (χ3n) is 3.49. The molecule has 3 rings (SSSR count). The maximum Gasteiger partial charge on any atom is 0.358 e. The van der Waals surface area contributed by atoms with E-state index in [2.05, 4.69) is 23.0 Å². The van der Waals surface area contributed by atoms with E-state index in [9.17, 15) is 9.90 Å². The van der Waals surface area contributed by atoms with Crippen LogP contribution in [0.4, 0.5) is 11.5 Å². The van der Waals surface area contributed by atoms with Gasteiger partial charge in [0.05, 0.1) is 0 Å². The van der Waals surface area contributed by atoms with E-state index >= 15 is 0 Å². The fourth-order valence-electron chi connectivity index (χ4n) is 2.62. The second-order valence-corrected chi connectivity index (χ2v) is 4.92. The zero-order valence-corrected chi connectivity index (χ0v) is 11.2. The number of aromatic nitrogens is 2. The van der Waals surface area contributed by atoms with E-state index < -0.39 is 5.97 Å². The summed E-state index contributed by atoms with van der Waals surface area (Å²) in [6.07, 6.45) is 4.93. The number of rotatable bonds is 2. The average Bonchev–Trinajstić information content (AvgIpc) is 2.46. The molecular weight excluding hydrogens is 254 g/mol. The van der Waals surface area contributed by atoms with Gasteiger partial charge in [-0.2, -0.15) is 0 Å². The predicted octanol–water partition coefficient (Wildman–Crippen LogP) is 2.57. The number of carboxylic acids is 1. The van der Waals surface area contributed by atoms with Gasteiger partial charge in [0.1, 0.15) is 0 Å². The molecule has 20 heavy (non-hydrogen) atoms. The molecule has 2 heterocycles. The number of benzene rings is 1. The quantitative estimate of drug-likeness (QED) is 0.907. The molecule has 102 valence electrons. The maximum atomic E-state index is 11.3. The molecule has 0 saturated heterocycles. The number of nitrogens with zero attached hydrogens (tertiary/aromatic N) is 3. The Morgan fingerprint density at radius 2 is 2.10 bits per heavy atom. The second-order valence-electron chi connectivity index (χ2n) is 4.92. The number of aromatic carboxylic acids is 1. The van der Waals surface area contributed by atoms with Gasteiger partial charge in [-0.1, -0.05) is 17.7 Å². The lowest BCUT2D eigenvalue weighted by atomic mass is 9.99. The number of hydrogen-bond donors (Lipinski definition) is 1. The molecule has 1 N–H and O–H groups in total. The van der Waals surface area contributed by atoms with Gasteiger partial charge in [-0.25, -0.2) is 14.8 Å². The van der Waals surface area contributed by atoms with E-state index in [4.69, 9.17) is 0 Å². The van der Waals surface area contributed by atoms with Gasteiger partial charge in [-0.3, -0.25) is 0 Å². The summed E-state index contributed by atoms with van der Waals surface area (Å²) in [7, 11) is 0. The summed E-state index contributed by atoms with van der Waals surface area (Å²) in [5, 5.41) is 9.26. The Bertz CT molecular complexity index is 670. The fourth-order valence-corrected chi connectivity index (χ4v) is 2.62. The molecule has 5 nitrogen and oxygen atoms in total. The highest BCUT2D eigenvalue weighted by atomic mass is 16.4. The standard InChI is InChI=1S/C15H15N3O2/c1-10-4-5-12-11(9-10)3-2-8-18(12)14-13(15(19)20)16-6-7-17-14/h4-7,9H,2-3,8H2,1H3,(H,19,20). The molecular formula is C15H15N3O2. The van der Waals surface area contributed by atoms with E-state index in [1.165, 1.54) is 23.5 Å². The minimum absolute atomic E-state index is 0.000856. The lowest BCUT2D eigenvalue weighted by Gasteiger charge is -2.31. The lowest BCUT2D eigenvalue weighted by molar-refractivity contribution is 0.0691. The zero-order valence-electron chi connectivity index (χ0n) is 11.2. The van der Waals surface area contributed by atoms with Crippen LogP contribution in [0.3, 0.4) is 0 Å². The van der Waals surface area contributed by atoms with Gasteiger partial charge in [-0.15, -0.1) is 0 Å². The largest absolute Gasteiger partial charge is 0.476 e. The fraction of sp³-hybridized carbons (Fsp3) is 0.267. The second kappa shape index (κ2) is 4.92. The number of carbonyl (C=O) groups is 1. The van der Waals surface area contributed by atoms with E-state index in [1.807, 2.05) is 17.0 Å². The summed E-state index contributed by atoms with van der Waals surface area (Å²) < 4.78 is 0. The Balaban J connectivity index is 2.12. The summed E-state index contributed by atoms with van der Waals surface area (Å²) in [6.45, 7) is 2.82. The third-order valence-corrected chi connectivity index (χ3v) is 3.49. The number of hydrogen-bond acceptors (Lipinski definition) is 4. The molecule has 0 radical (unpaired) electrons. The highest BCUT2D eigenvalue weighted by molar-refractivity contribution is 5.92. The van der Waals surface area contributed by atoms with Gasteiger partial charge >= 0.3 is 5.97 Å². The van der Waals surface area contributed by atoms with Crippen LogP contribution in [0.2, 0.25) is 0 Å². The molecule has 0 saturated carbocycles. The first-order valence-corrected chi connectivity index (χ1v) is 6.58. The van der Waals surface area contributed by atoms with Crippen LogP contribution in [-0.4, -0.2) is 27.6 Å². The number of aryl methyl sites for hydroxylation is 2. The van der Waals surface area contributed by atoms with Crippen molar-refractivity contribution in [2.24, 2.45) is 0 Å². The summed E-state index contributed by atoms with van der Waals surface area (Å²) in [4.78, 5) is 21.4. The van der Waals surface area contributed by atoms with Crippen LogP contribution in [0.25, 0.3) is 0 Å². The molecule has 0 unspecified atom stereocenters. The third kappa shape index (κ3) is 2.11. The molecule has 0 amide bonds. The number of anilines is 2. The van der Waals surface area contributed by atoms with Crippen molar-refractivity contribution in [3.8, 4) is 0 Å². The van der Waals surface area contributed by atoms with Crippen molar-refractivity contribution in [3.63, 3.8) is 0 Å². The number of fused-ring (bicyclic) bond motifs is 1. The van der Waals surface area contributed by atoms with E-state index in [-0.39, 0.29) is 5.69 Å². The average molecular weight is 269 g/mol. The molecule has 0 spiro atoms. The Kier molecular flexibility index (Phi) is 3.10. The highest BCUT2D eigenvalue weighted by Gasteiger charge is 2.24. The van der Waals surface area contributed by atoms with Gasteiger partial charge in [0.25, 0.3) is 0 Å². The first kappa shape index (κ1) is 12.6. The normalized spacial score (nSPS) is 13.9. The van der Waals surface area contributed by atoms with Crippen molar-refractivity contribution in [1.29, 1.82) is 0 Å². The van der Waals surface area contributed by atoms with Crippen molar-refractivity contribution in [2.75, 3.05) is 11.4 Å². The first-order valence-electron chi connectivity index (χ1n) is 6.58. The van der Waals surface area contributed by atoms with Gasteiger partial charge in [0.15, 0.2) is 11.5 Å². The van der Waals surface area contributed by atoms with Crippen molar-refractivity contribution in [2.45, 2.75) is 19.8 Å². The highest BCUT2D eigenvalue weighted by Crippen LogP contribution is 2.33.